The molecule has 0 saturated heterocycles. The minimum Gasteiger partial charge on any atom is -0.457 e. The van der Waals surface area contributed by atoms with Gasteiger partial charge in [-0.05, 0) is 78.9 Å². The smallest absolute Gasteiger partial charge is 0.128 e. The van der Waals surface area contributed by atoms with Crippen molar-refractivity contribution in [3.05, 3.63) is 109 Å². The number of nitrogens with two attached hydrogens (primary N) is 1. The third-order valence-electron chi connectivity index (χ3n) is 6.00. The number of aryl methyl sites for hydroxylation is 1. The first-order valence-electron chi connectivity index (χ1n) is 11.6. The molecule has 0 unspecified atom stereocenters. The number of unbranched alkanes of at least 4 members (excludes halogenated alkanes) is 1. The topological polar surface area (TPSA) is 51.0 Å². The number of aromatic amines is 1. The number of nitrogens with one attached hydrogen (secondary N) is 1. The van der Waals surface area contributed by atoms with Crippen molar-refractivity contribution in [2.24, 2.45) is 5.73 Å². The predicted octanol–water partition coefficient (Wildman–Crippen LogP) is 7.58. The lowest BCUT2D eigenvalue weighted by Crippen LogP contribution is -1.99. The van der Waals surface area contributed by atoms with E-state index in [-0.39, 0.29) is 0 Å². The molecule has 0 amide bonds. The first-order chi connectivity index (χ1) is 16.3. The molecule has 3 nitrogen and oxygen atoms in total. The van der Waals surface area contributed by atoms with Gasteiger partial charge in [0.1, 0.15) is 11.5 Å². The maximum atomic E-state index is 6.10. The SMILES string of the molecule is NCCCCc1c(-c2cccc(Oc3ccccc3)c2)[nH]c2ccc(-c3ccccc3)cc12. The number of para-hydroxylation sites is 1. The molecular weight excluding hydrogens is 404 g/mol. The highest BCUT2D eigenvalue weighted by molar-refractivity contribution is 5.94. The van der Waals surface area contributed by atoms with E-state index < -0.39 is 0 Å². The fraction of sp³-hybridized carbons (Fsp3) is 0.133. The molecule has 3 heteroatoms. The Bertz CT molecular complexity index is 1340. The number of rotatable bonds is 8. The zero-order valence-corrected chi connectivity index (χ0v) is 18.6. The van der Waals surface area contributed by atoms with Crippen LogP contribution in [0.2, 0.25) is 0 Å². The molecule has 0 aliphatic rings. The molecular formula is C30H28N2O. The van der Waals surface area contributed by atoms with E-state index in [0.29, 0.717) is 6.54 Å². The molecule has 0 atom stereocenters. The van der Waals surface area contributed by atoms with Crippen LogP contribution in [0.5, 0.6) is 11.5 Å². The zero-order valence-electron chi connectivity index (χ0n) is 18.6. The van der Waals surface area contributed by atoms with Crippen LogP contribution in [0.15, 0.2) is 103 Å². The fourth-order valence-electron chi connectivity index (χ4n) is 4.35. The van der Waals surface area contributed by atoms with Crippen molar-refractivity contribution in [1.29, 1.82) is 0 Å². The summed E-state index contributed by atoms with van der Waals surface area (Å²) in [7, 11) is 0. The van der Waals surface area contributed by atoms with Crippen molar-refractivity contribution in [1.82, 2.24) is 4.98 Å². The van der Waals surface area contributed by atoms with E-state index in [1.807, 2.05) is 36.4 Å². The van der Waals surface area contributed by atoms with Gasteiger partial charge in [-0.2, -0.15) is 0 Å². The Labute approximate surface area is 194 Å². The summed E-state index contributed by atoms with van der Waals surface area (Å²) in [6, 6.07) is 35.5. The van der Waals surface area contributed by atoms with Crippen LogP contribution < -0.4 is 10.5 Å². The summed E-state index contributed by atoms with van der Waals surface area (Å²) >= 11 is 0. The lowest BCUT2D eigenvalue weighted by Gasteiger charge is -2.09. The average molecular weight is 433 g/mol. The molecule has 164 valence electrons. The minimum atomic E-state index is 0.716. The van der Waals surface area contributed by atoms with Crippen LogP contribution in [0.1, 0.15) is 18.4 Å². The number of fused-ring (bicyclic) bond motifs is 1. The van der Waals surface area contributed by atoms with Gasteiger partial charge in [-0.1, -0.05) is 66.7 Å². The van der Waals surface area contributed by atoms with E-state index in [0.717, 1.165) is 47.5 Å². The van der Waals surface area contributed by atoms with Gasteiger partial charge >= 0.3 is 0 Å². The van der Waals surface area contributed by atoms with Crippen molar-refractivity contribution in [3.8, 4) is 33.9 Å². The summed E-state index contributed by atoms with van der Waals surface area (Å²) in [6.45, 7) is 0.716. The molecule has 0 spiro atoms. The monoisotopic (exact) mass is 432 g/mol. The highest BCUT2D eigenvalue weighted by Gasteiger charge is 2.15. The maximum absolute atomic E-state index is 6.10. The van der Waals surface area contributed by atoms with E-state index in [2.05, 4.69) is 71.7 Å². The Hall–Kier alpha value is -3.82. The summed E-state index contributed by atoms with van der Waals surface area (Å²) in [5.41, 5.74) is 13.0. The number of hydrogen-bond acceptors (Lipinski definition) is 2. The second-order valence-corrected chi connectivity index (χ2v) is 8.29. The van der Waals surface area contributed by atoms with Gasteiger partial charge in [-0.3, -0.25) is 0 Å². The second-order valence-electron chi connectivity index (χ2n) is 8.29. The minimum absolute atomic E-state index is 0.716. The first-order valence-corrected chi connectivity index (χ1v) is 11.6. The van der Waals surface area contributed by atoms with Crippen LogP contribution in [0, 0.1) is 0 Å². The average Bonchev–Trinajstić information content (AvgIpc) is 3.23. The standard InChI is InChI=1S/C30H28N2O/c31-19-8-7-16-27-28-21-23(22-10-3-1-4-11-22)17-18-29(28)32-30(27)24-12-9-15-26(20-24)33-25-13-5-2-6-14-25/h1-6,9-15,17-18,20-21,32H,7-8,16,19,31H2. The molecule has 0 fully saturated rings. The zero-order chi connectivity index (χ0) is 22.5. The number of benzene rings is 4. The van der Waals surface area contributed by atoms with Gasteiger partial charge in [0, 0.05) is 22.2 Å². The largest absolute Gasteiger partial charge is 0.457 e. The maximum Gasteiger partial charge on any atom is 0.128 e. The van der Waals surface area contributed by atoms with Crippen LogP contribution in [0.4, 0.5) is 0 Å². The third kappa shape index (κ3) is 4.69. The Morgan fingerprint density at radius 1 is 0.636 bits per heavy atom. The number of ether oxygens (including phenoxy) is 1. The molecule has 1 aromatic heterocycles. The summed E-state index contributed by atoms with van der Waals surface area (Å²) in [5.74, 6) is 1.66. The fourth-order valence-corrected chi connectivity index (χ4v) is 4.35. The predicted molar refractivity (Wildman–Crippen MR) is 138 cm³/mol. The van der Waals surface area contributed by atoms with E-state index in [4.69, 9.17) is 10.5 Å². The van der Waals surface area contributed by atoms with Crippen LogP contribution >= 0.6 is 0 Å². The van der Waals surface area contributed by atoms with Crippen LogP contribution in [0.25, 0.3) is 33.3 Å². The quantitative estimate of drug-likeness (QED) is 0.248. The molecule has 0 aliphatic carbocycles. The summed E-state index contributed by atoms with van der Waals surface area (Å²) in [5, 5.41) is 1.28. The molecule has 5 rings (SSSR count). The lowest BCUT2D eigenvalue weighted by atomic mass is 9.97. The molecule has 0 saturated carbocycles. The lowest BCUT2D eigenvalue weighted by molar-refractivity contribution is 0.483. The van der Waals surface area contributed by atoms with Gasteiger partial charge in [0.15, 0.2) is 0 Å². The van der Waals surface area contributed by atoms with Gasteiger partial charge in [-0.25, -0.2) is 0 Å². The van der Waals surface area contributed by atoms with E-state index in [1.165, 1.54) is 22.1 Å². The summed E-state index contributed by atoms with van der Waals surface area (Å²) in [6.07, 6.45) is 3.06. The number of aromatic nitrogens is 1. The van der Waals surface area contributed by atoms with Crippen molar-refractivity contribution in [3.63, 3.8) is 0 Å². The molecule has 4 aromatic carbocycles. The molecule has 1 heterocycles. The molecule has 33 heavy (non-hydrogen) atoms. The number of hydrogen-bond donors (Lipinski definition) is 2. The van der Waals surface area contributed by atoms with E-state index in [1.54, 1.807) is 0 Å². The van der Waals surface area contributed by atoms with Crippen molar-refractivity contribution in [2.75, 3.05) is 6.54 Å². The van der Waals surface area contributed by atoms with Crippen molar-refractivity contribution >= 4 is 10.9 Å². The van der Waals surface area contributed by atoms with Crippen LogP contribution in [0.3, 0.4) is 0 Å². The molecule has 0 radical (unpaired) electrons. The van der Waals surface area contributed by atoms with Gasteiger partial charge in [0.05, 0.1) is 0 Å². The second kappa shape index (κ2) is 9.76. The van der Waals surface area contributed by atoms with Gasteiger partial charge in [0.2, 0.25) is 0 Å². The molecule has 5 aromatic rings. The van der Waals surface area contributed by atoms with Crippen molar-refractivity contribution < 1.29 is 4.74 Å². The Morgan fingerprint density at radius 3 is 2.15 bits per heavy atom. The van der Waals surface area contributed by atoms with Crippen molar-refractivity contribution in [2.45, 2.75) is 19.3 Å². The summed E-state index contributed by atoms with van der Waals surface area (Å²) in [4.78, 5) is 3.69. The first kappa shape index (κ1) is 21.0. The van der Waals surface area contributed by atoms with Gasteiger partial charge in [-0.15, -0.1) is 0 Å². The normalized spacial score (nSPS) is 11.1. The summed E-state index contributed by atoms with van der Waals surface area (Å²) < 4.78 is 6.10. The third-order valence-corrected chi connectivity index (χ3v) is 6.00. The Balaban J connectivity index is 1.57. The number of H-pyrrole nitrogens is 1. The Kier molecular flexibility index (Phi) is 6.23. The van der Waals surface area contributed by atoms with Crippen LogP contribution in [-0.4, -0.2) is 11.5 Å². The van der Waals surface area contributed by atoms with E-state index in [9.17, 15) is 0 Å². The van der Waals surface area contributed by atoms with Gasteiger partial charge < -0.3 is 15.5 Å². The Morgan fingerprint density at radius 2 is 1.36 bits per heavy atom. The molecule has 0 aliphatic heterocycles. The van der Waals surface area contributed by atoms with E-state index >= 15 is 0 Å². The highest BCUT2D eigenvalue weighted by atomic mass is 16.5. The molecule has 0 bridgehead atoms. The highest BCUT2D eigenvalue weighted by Crippen LogP contribution is 2.36. The van der Waals surface area contributed by atoms with Crippen LogP contribution in [-0.2, 0) is 6.42 Å². The molecule has 3 N–H and O–H groups in total. The van der Waals surface area contributed by atoms with Gasteiger partial charge in [0.25, 0.3) is 0 Å².